The molecule has 0 saturated carbocycles. The molecule has 6 rings (SSSR count). The van der Waals surface area contributed by atoms with Gasteiger partial charge in [-0.3, -0.25) is 0 Å². The van der Waals surface area contributed by atoms with Crippen molar-refractivity contribution in [1.29, 1.82) is 0 Å². The van der Waals surface area contributed by atoms with E-state index in [1.807, 2.05) is 0 Å². The molecule has 0 fully saturated rings. The second kappa shape index (κ2) is 11.1. The number of hydrogen-bond acceptors (Lipinski definition) is 0. The van der Waals surface area contributed by atoms with E-state index >= 15 is 0 Å². The molecule has 0 nitrogen and oxygen atoms in total. The molecule has 2 aliphatic carbocycles. The Labute approximate surface area is 267 Å². The summed E-state index contributed by atoms with van der Waals surface area (Å²) in [6.45, 7) is 18.5. The van der Waals surface area contributed by atoms with Crippen LogP contribution in [-0.4, -0.2) is 5.92 Å². The molecule has 43 heavy (non-hydrogen) atoms. The minimum atomic E-state index is -4.80. The molecule has 2 unspecified atom stereocenters. The van der Waals surface area contributed by atoms with Crippen LogP contribution in [-0.2, 0) is 15.6 Å². The van der Waals surface area contributed by atoms with E-state index in [0.29, 0.717) is 5.92 Å². The van der Waals surface area contributed by atoms with Crippen molar-refractivity contribution in [3.8, 4) is 22.3 Å². The summed E-state index contributed by atoms with van der Waals surface area (Å²) in [4.78, 5) is 0. The van der Waals surface area contributed by atoms with Crippen LogP contribution in [0.2, 0.25) is 13.1 Å². The van der Waals surface area contributed by atoms with Gasteiger partial charge in [0.2, 0.25) is 0 Å². The topological polar surface area (TPSA) is 0 Å². The Morgan fingerprint density at radius 1 is 0.651 bits per heavy atom. The van der Waals surface area contributed by atoms with E-state index in [-0.39, 0.29) is 7.25 Å². The minimum absolute atomic E-state index is 0.0945. The quantitative estimate of drug-likeness (QED) is 0.176. The van der Waals surface area contributed by atoms with Gasteiger partial charge in [-0.15, -0.1) is 0 Å². The molecule has 0 N–H and O–H groups in total. The number of rotatable bonds is 6. The molecule has 0 heterocycles. The first-order valence-corrected chi connectivity index (χ1v) is 32.0. The molecule has 0 amide bonds. The van der Waals surface area contributed by atoms with E-state index in [2.05, 4.69) is 146 Å². The standard InChI is InChI=1S/C20H21.C17H15.C2H7Si.2ClH.Zr/c1-13(2)18-11-16-6-5-7-19(20(16)12-18)17-9-8-14(3)15(4)10-17;1-12-10-16-13(2)8-9-15(17(16)11-12)14-6-4-3-5-7-14;1-3-2;;;/h5-13H,1-4H3;3-11H,1-2H3;3H,1-2H3;2*1H;/q;;;;;+2/p-2. The van der Waals surface area contributed by atoms with E-state index in [9.17, 15) is 0 Å². The van der Waals surface area contributed by atoms with Gasteiger partial charge in [0.15, 0.2) is 0 Å². The summed E-state index contributed by atoms with van der Waals surface area (Å²) in [5, 5.41) is 0. The predicted octanol–water partition coefficient (Wildman–Crippen LogP) is 12.2. The monoisotopic (exact) mass is 699 g/mol. The van der Waals surface area contributed by atoms with Crippen LogP contribution < -0.4 is 0 Å². The van der Waals surface area contributed by atoms with Crippen LogP contribution in [0.15, 0.2) is 90.0 Å². The summed E-state index contributed by atoms with van der Waals surface area (Å²) < 4.78 is 0.190. The maximum atomic E-state index is 8.60. The summed E-state index contributed by atoms with van der Waals surface area (Å²) in [6.07, 6.45) is 4.90. The fourth-order valence-electron chi connectivity index (χ4n) is 7.94. The van der Waals surface area contributed by atoms with Crippen LogP contribution in [0, 0.1) is 26.7 Å². The van der Waals surface area contributed by atoms with Gasteiger partial charge in [0.1, 0.15) is 0 Å². The Kier molecular flexibility index (Phi) is 8.04. The first-order valence-electron chi connectivity index (χ1n) is 15.7. The number of aryl methyl sites for hydroxylation is 3. The zero-order valence-electron chi connectivity index (χ0n) is 26.7. The normalized spacial score (nSPS) is 18.7. The zero-order chi connectivity index (χ0) is 30.9. The maximum absolute atomic E-state index is 8.60. The van der Waals surface area contributed by atoms with Crippen molar-refractivity contribution in [2.75, 3.05) is 0 Å². The summed E-state index contributed by atoms with van der Waals surface area (Å²) in [7, 11) is 17.2. The Hall–Kier alpha value is -1.96. The number of allylic oxidation sites excluding steroid dienone is 2. The molecule has 4 aromatic rings. The number of halogens is 2. The van der Waals surface area contributed by atoms with Crippen LogP contribution in [0.25, 0.3) is 34.4 Å². The predicted molar refractivity (Wildman–Crippen MR) is 190 cm³/mol. The molecule has 4 aromatic carbocycles. The molecular weight excluding hydrogens is 659 g/mol. The Morgan fingerprint density at radius 2 is 1.33 bits per heavy atom. The second-order valence-electron chi connectivity index (χ2n) is 13.7. The molecule has 221 valence electrons. The SMILES string of the molecule is CC1=Cc2c(-c3ccccc3)ccc(C)c2[CH]1[Zr]([Cl])([Cl])([CH]1C(C(C)C)=Cc2c(-c3ccc(C)c(C)c3)cccc21)[SiH](C)C. The van der Waals surface area contributed by atoms with Crippen LogP contribution in [0.1, 0.15) is 67.0 Å². The van der Waals surface area contributed by atoms with Gasteiger partial charge < -0.3 is 0 Å². The Bertz CT molecular complexity index is 1810. The van der Waals surface area contributed by atoms with E-state index in [0.717, 1.165) is 0 Å². The average Bonchev–Trinajstić information content (AvgIpc) is 3.55. The first kappa shape index (κ1) is 31.0. The number of fused-ring (bicyclic) bond motifs is 2. The van der Waals surface area contributed by atoms with Crippen molar-refractivity contribution >= 4 is 35.1 Å². The van der Waals surface area contributed by atoms with E-state index in [1.165, 1.54) is 72.3 Å². The van der Waals surface area contributed by atoms with Crippen LogP contribution in [0.4, 0.5) is 0 Å². The van der Waals surface area contributed by atoms with Crippen LogP contribution in [0.5, 0.6) is 0 Å². The van der Waals surface area contributed by atoms with Crippen molar-refractivity contribution < 1.29 is 15.6 Å². The summed E-state index contributed by atoms with van der Waals surface area (Å²) in [5.74, 6) is -1.26. The molecule has 2 aliphatic rings. The van der Waals surface area contributed by atoms with Crippen molar-refractivity contribution in [2.24, 2.45) is 5.92 Å². The van der Waals surface area contributed by atoms with E-state index in [4.69, 9.17) is 17.0 Å². The molecular formula is C39H43Cl2SiZr. The average molecular weight is 702 g/mol. The van der Waals surface area contributed by atoms with Crippen LogP contribution >= 0.6 is 17.0 Å². The van der Waals surface area contributed by atoms with Gasteiger partial charge in [-0.2, -0.15) is 0 Å². The number of hydrogen-bond donors (Lipinski definition) is 0. The molecule has 0 saturated heterocycles. The van der Waals surface area contributed by atoms with Gasteiger partial charge in [0.05, 0.1) is 0 Å². The van der Waals surface area contributed by atoms with Gasteiger partial charge in [-0.25, -0.2) is 0 Å². The summed E-state index contributed by atoms with van der Waals surface area (Å²) in [5.41, 5.74) is 17.2. The van der Waals surface area contributed by atoms with Crippen molar-refractivity contribution in [2.45, 2.75) is 61.9 Å². The Balaban J connectivity index is 1.61. The van der Waals surface area contributed by atoms with Gasteiger partial charge in [0, 0.05) is 0 Å². The van der Waals surface area contributed by atoms with E-state index in [1.54, 1.807) is 0 Å². The van der Waals surface area contributed by atoms with Crippen molar-refractivity contribution in [3.63, 3.8) is 0 Å². The molecule has 4 heteroatoms. The molecule has 2 atom stereocenters. The third-order valence-corrected chi connectivity index (χ3v) is 62.4. The van der Waals surface area contributed by atoms with Gasteiger partial charge >= 0.3 is 270 Å². The molecule has 0 aliphatic heterocycles. The molecule has 0 aromatic heterocycles. The van der Waals surface area contributed by atoms with Gasteiger partial charge in [-0.1, -0.05) is 0 Å². The second-order valence-corrected chi connectivity index (χ2v) is 56.2. The Morgan fingerprint density at radius 3 is 1.98 bits per heavy atom. The van der Waals surface area contributed by atoms with Gasteiger partial charge in [0.25, 0.3) is 0 Å². The van der Waals surface area contributed by atoms with Crippen LogP contribution in [0.3, 0.4) is 0 Å². The fraction of sp³-hybridized carbons (Fsp3) is 0.282. The molecule has 0 spiro atoms. The summed E-state index contributed by atoms with van der Waals surface area (Å²) >= 11 is -4.80. The summed E-state index contributed by atoms with van der Waals surface area (Å²) in [6, 6.07) is 29.1. The zero-order valence-corrected chi connectivity index (χ0v) is 31.9. The third-order valence-electron chi connectivity index (χ3n) is 10.5. The number of benzene rings is 4. The first-order chi connectivity index (χ1) is 20.3. The van der Waals surface area contributed by atoms with Crippen molar-refractivity contribution in [3.05, 3.63) is 129 Å². The van der Waals surface area contributed by atoms with Crippen molar-refractivity contribution in [1.82, 2.24) is 0 Å². The molecule has 0 bridgehead atoms. The fourth-order valence-corrected chi connectivity index (χ4v) is 40.2. The third kappa shape index (κ3) is 4.78. The van der Waals surface area contributed by atoms with E-state index < -0.39 is 21.5 Å². The molecule has 0 radical (unpaired) electrons. The van der Waals surface area contributed by atoms with Gasteiger partial charge in [-0.05, 0) is 0 Å².